The highest BCUT2D eigenvalue weighted by atomic mass is 32.2. The van der Waals surface area contributed by atoms with E-state index in [-0.39, 0.29) is 6.10 Å². The lowest BCUT2D eigenvalue weighted by molar-refractivity contribution is -0.0309. The van der Waals surface area contributed by atoms with Crippen LogP contribution in [0.1, 0.15) is 39.5 Å². The SMILES string of the molecule is CSCC(C)NCC(O)COC1CCCC(C)C1. The second-order valence-corrected chi connectivity index (χ2v) is 6.56. The molecule has 0 radical (unpaired) electrons. The third-order valence-corrected chi connectivity index (χ3v) is 4.36. The van der Waals surface area contributed by atoms with Gasteiger partial charge in [0.25, 0.3) is 0 Å². The van der Waals surface area contributed by atoms with E-state index >= 15 is 0 Å². The standard InChI is InChI=1S/C14H29NO2S/c1-11-5-4-6-14(7-11)17-9-13(16)8-15-12(2)10-18-3/h11-16H,4-10H2,1-3H3. The van der Waals surface area contributed by atoms with Gasteiger partial charge in [-0.2, -0.15) is 11.8 Å². The molecule has 1 fully saturated rings. The van der Waals surface area contributed by atoms with E-state index in [1.54, 1.807) is 0 Å². The minimum Gasteiger partial charge on any atom is -0.389 e. The molecule has 1 aliphatic carbocycles. The highest BCUT2D eigenvalue weighted by molar-refractivity contribution is 7.98. The van der Waals surface area contributed by atoms with Gasteiger partial charge >= 0.3 is 0 Å². The van der Waals surface area contributed by atoms with Gasteiger partial charge in [-0.15, -0.1) is 0 Å². The average Bonchev–Trinajstić information content (AvgIpc) is 2.34. The predicted molar refractivity (Wildman–Crippen MR) is 79.2 cm³/mol. The van der Waals surface area contributed by atoms with Crippen LogP contribution in [0.5, 0.6) is 0 Å². The van der Waals surface area contributed by atoms with Gasteiger partial charge in [-0.25, -0.2) is 0 Å². The molecule has 2 N–H and O–H groups in total. The minimum atomic E-state index is -0.383. The van der Waals surface area contributed by atoms with E-state index in [0.717, 1.165) is 24.5 Å². The fourth-order valence-electron chi connectivity index (χ4n) is 2.48. The maximum atomic E-state index is 9.87. The lowest BCUT2D eigenvalue weighted by Crippen LogP contribution is -2.38. The summed E-state index contributed by atoms with van der Waals surface area (Å²) in [6.45, 7) is 5.53. The first-order chi connectivity index (χ1) is 8.61. The van der Waals surface area contributed by atoms with Gasteiger partial charge in [-0.3, -0.25) is 0 Å². The first-order valence-electron chi connectivity index (χ1n) is 7.13. The van der Waals surface area contributed by atoms with Gasteiger partial charge in [0.1, 0.15) is 0 Å². The Bertz CT molecular complexity index is 216. The van der Waals surface area contributed by atoms with E-state index < -0.39 is 0 Å². The number of rotatable bonds is 8. The molecule has 3 nitrogen and oxygen atoms in total. The molecule has 0 aliphatic heterocycles. The Morgan fingerprint density at radius 2 is 2.22 bits per heavy atom. The molecule has 0 saturated heterocycles. The third-order valence-electron chi connectivity index (χ3n) is 3.53. The van der Waals surface area contributed by atoms with Crippen molar-refractivity contribution in [1.29, 1.82) is 0 Å². The van der Waals surface area contributed by atoms with Gasteiger partial charge in [-0.1, -0.05) is 19.8 Å². The number of aliphatic hydroxyl groups is 1. The molecular weight excluding hydrogens is 246 g/mol. The Balaban J connectivity index is 2.07. The second-order valence-electron chi connectivity index (χ2n) is 5.65. The Morgan fingerprint density at radius 3 is 2.89 bits per heavy atom. The highest BCUT2D eigenvalue weighted by Gasteiger charge is 2.20. The molecule has 4 atom stereocenters. The summed E-state index contributed by atoms with van der Waals surface area (Å²) in [7, 11) is 0. The Hall–Kier alpha value is 0.230. The summed E-state index contributed by atoms with van der Waals surface area (Å²) in [5.74, 6) is 1.86. The summed E-state index contributed by atoms with van der Waals surface area (Å²) in [6.07, 6.45) is 7.00. The van der Waals surface area contributed by atoms with Crippen LogP contribution in [0.4, 0.5) is 0 Å². The van der Waals surface area contributed by atoms with Crippen molar-refractivity contribution < 1.29 is 9.84 Å². The van der Waals surface area contributed by atoms with Crippen molar-refractivity contribution in [2.45, 2.75) is 57.8 Å². The highest BCUT2D eigenvalue weighted by Crippen LogP contribution is 2.25. The zero-order valence-corrected chi connectivity index (χ0v) is 12.8. The number of hydrogen-bond donors (Lipinski definition) is 2. The van der Waals surface area contributed by atoms with Crippen molar-refractivity contribution in [2.75, 3.05) is 25.2 Å². The molecule has 0 aromatic heterocycles. The summed E-state index contributed by atoms with van der Waals surface area (Å²) in [5.41, 5.74) is 0. The fraction of sp³-hybridized carbons (Fsp3) is 1.00. The minimum absolute atomic E-state index is 0.368. The summed E-state index contributed by atoms with van der Waals surface area (Å²) >= 11 is 1.82. The van der Waals surface area contributed by atoms with E-state index in [2.05, 4.69) is 25.4 Å². The molecule has 0 amide bonds. The number of ether oxygens (including phenoxy) is 1. The zero-order chi connectivity index (χ0) is 13.4. The van der Waals surface area contributed by atoms with Crippen molar-refractivity contribution in [3.63, 3.8) is 0 Å². The lowest BCUT2D eigenvalue weighted by atomic mass is 9.89. The van der Waals surface area contributed by atoms with Crippen LogP contribution in [0.2, 0.25) is 0 Å². The molecule has 0 bridgehead atoms. The maximum Gasteiger partial charge on any atom is 0.0897 e. The van der Waals surface area contributed by atoms with E-state index in [4.69, 9.17) is 4.74 Å². The van der Waals surface area contributed by atoms with Gasteiger partial charge in [-0.05, 0) is 31.9 Å². The van der Waals surface area contributed by atoms with Crippen LogP contribution in [0, 0.1) is 5.92 Å². The first-order valence-corrected chi connectivity index (χ1v) is 8.53. The molecule has 0 aromatic rings. The molecule has 0 heterocycles. The number of aliphatic hydroxyl groups excluding tert-OH is 1. The Kier molecular flexibility index (Phi) is 8.31. The van der Waals surface area contributed by atoms with E-state index in [0.29, 0.717) is 25.3 Å². The molecule has 1 rings (SSSR count). The largest absolute Gasteiger partial charge is 0.389 e. The molecular formula is C14H29NO2S. The lowest BCUT2D eigenvalue weighted by Gasteiger charge is -2.27. The van der Waals surface area contributed by atoms with Gasteiger partial charge in [0.15, 0.2) is 0 Å². The summed E-state index contributed by atoms with van der Waals surface area (Å²) in [6, 6.07) is 0.448. The van der Waals surface area contributed by atoms with Crippen LogP contribution in [0.15, 0.2) is 0 Å². The molecule has 4 heteroatoms. The van der Waals surface area contributed by atoms with Gasteiger partial charge < -0.3 is 15.2 Å². The smallest absolute Gasteiger partial charge is 0.0897 e. The second kappa shape index (κ2) is 9.18. The van der Waals surface area contributed by atoms with Crippen LogP contribution < -0.4 is 5.32 Å². The predicted octanol–water partition coefficient (Wildman–Crippen LogP) is 2.28. The van der Waals surface area contributed by atoms with E-state index in [1.165, 1.54) is 12.8 Å². The zero-order valence-electron chi connectivity index (χ0n) is 12.0. The molecule has 1 saturated carbocycles. The molecule has 4 unspecified atom stereocenters. The van der Waals surface area contributed by atoms with Gasteiger partial charge in [0, 0.05) is 18.3 Å². The van der Waals surface area contributed by atoms with Gasteiger partial charge in [0.05, 0.1) is 18.8 Å². The monoisotopic (exact) mass is 275 g/mol. The summed E-state index contributed by atoms with van der Waals surface area (Å²) < 4.78 is 5.81. The van der Waals surface area contributed by atoms with Crippen molar-refractivity contribution in [3.05, 3.63) is 0 Å². The fourth-order valence-corrected chi connectivity index (χ4v) is 3.10. The maximum absolute atomic E-state index is 9.87. The van der Waals surface area contributed by atoms with Crippen LogP contribution in [-0.4, -0.2) is 48.5 Å². The average molecular weight is 275 g/mol. The quantitative estimate of drug-likeness (QED) is 0.713. The van der Waals surface area contributed by atoms with Crippen LogP contribution >= 0.6 is 11.8 Å². The molecule has 0 aromatic carbocycles. The van der Waals surface area contributed by atoms with Crippen molar-refractivity contribution in [1.82, 2.24) is 5.32 Å². The molecule has 1 aliphatic rings. The van der Waals surface area contributed by atoms with Crippen LogP contribution in [0.25, 0.3) is 0 Å². The Labute approximate surface area is 116 Å². The molecule has 18 heavy (non-hydrogen) atoms. The third kappa shape index (κ3) is 6.98. The van der Waals surface area contributed by atoms with Crippen LogP contribution in [-0.2, 0) is 4.74 Å². The summed E-state index contributed by atoms with van der Waals surface area (Å²) in [5, 5.41) is 13.2. The number of hydrogen-bond acceptors (Lipinski definition) is 4. The molecule has 108 valence electrons. The van der Waals surface area contributed by atoms with E-state index in [1.807, 2.05) is 11.8 Å². The van der Waals surface area contributed by atoms with Crippen molar-refractivity contribution in [3.8, 4) is 0 Å². The molecule has 0 spiro atoms. The Morgan fingerprint density at radius 1 is 1.44 bits per heavy atom. The number of thioether (sulfide) groups is 1. The van der Waals surface area contributed by atoms with Crippen molar-refractivity contribution in [2.24, 2.45) is 5.92 Å². The summed E-state index contributed by atoms with van der Waals surface area (Å²) in [4.78, 5) is 0. The van der Waals surface area contributed by atoms with E-state index in [9.17, 15) is 5.11 Å². The number of nitrogens with one attached hydrogen (secondary N) is 1. The first kappa shape index (κ1) is 16.3. The van der Waals surface area contributed by atoms with Gasteiger partial charge in [0.2, 0.25) is 0 Å². The topological polar surface area (TPSA) is 41.5 Å². The normalized spacial score (nSPS) is 28.0. The van der Waals surface area contributed by atoms with Crippen molar-refractivity contribution >= 4 is 11.8 Å². The van der Waals surface area contributed by atoms with Crippen LogP contribution in [0.3, 0.4) is 0 Å².